The molecule has 2 aromatic rings. The third-order valence-electron chi connectivity index (χ3n) is 4.79. The molecule has 0 bridgehead atoms. The topological polar surface area (TPSA) is 46.2 Å². The zero-order valence-corrected chi connectivity index (χ0v) is 15.1. The highest BCUT2D eigenvalue weighted by Crippen LogP contribution is 2.29. The van der Waals surface area contributed by atoms with Gasteiger partial charge in [-0.3, -0.25) is 4.98 Å². The van der Waals surface area contributed by atoms with E-state index in [4.69, 9.17) is 4.74 Å². The maximum atomic E-state index is 6.16. The van der Waals surface area contributed by atoms with Crippen molar-refractivity contribution in [2.75, 3.05) is 23.8 Å². The van der Waals surface area contributed by atoms with E-state index in [2.05, 4.69) is 40.7 Å². The molecule has 4 nitrogen and oxygen atoms in total. The lowest BCUT2D eigenvalue weighted by atomic mass is 9.90. The van der Waals surface area contributed by atoms with Gasteiger partial charge in [0.15, 0.2) is 0 Å². The second kappa shape index (κ2) is 9.30. The summed E-state index contributed by atoms with van der Waals surface area (Å²) in [6, 6.07) is 10.4. The molecule has 0 radical (unpaired) electrons. The third kappa shape index (κ3) is 5.38. The molecule has 25 heavy (non-hydrogen) atoms. The van der Waals surface area contributed by atoms with Crippen molar-refractivity contribution in [2.24, 2.45) is 5.92 Å². The van der Waals surface area contributed by atoms with Crippen molar-refractivity contribution >= 4 is 11.4 Å². The Morgan fingerprint density at radius 3 is 2.60 bits per heavy atom. The number of hydrogen-bond acceptors (Lipinski definition) is 4. The fourth-order valence-electron chi connectivity index (χ4n) is 3.38. The fourth-order valence-corrected chi connectivity index (χ4v) is 3.38. The Labute approximate surface area is 151 Å². The molecule has 1 aromatic heterocycles. The van der Waals surface area contributed by atoms with E-state index in [1.807, 2.05) is 12.1 Å². The van der Waals surface area contributed by atoms with Crippen LogP contribution in [0.5, 0.6) is 5.75 Å². The number of rotatable bonds is 8. The fraction of sp³-hybridized carbons (Fsp3) is 0.476. The summed E-state index contributed by atoms with van der Waals surface area (Å²) >= 11 is 0. The van der Waals surface area contributed by atoms with Gasteiger partial charge >= 0.3 is 0 Å². The minimum absolute atomic E-state index is 0.719. The van der Waals surface area contributed by atoms with Gasteiger partial charge in [-0.1, -0.05) is 25.3 Å². The van der Waals surface area contributed by atoms with Gasteiger partial charge in [-0.2, -0.15) is 0 Å². The van der Waals surface area contributed by atoms with E-state index in [1.165, 1.54) is 37.7 Å². The molecule has 1 aliphatic rings. The number of anilines is 2. The molecule has 4 heteroatoms. The smallest absolute Gasteiger partial charge is 0.142 e. The van der Waals surface area contributed by atoms with E-state index in [1.54, 1.807) is 12.4 Å². The van der Waals surface area contributed by atoms with Crippen molar-refractivity contribution < 1.29 is 4.74 Å². The summed E-state index contributed by atoms with van der Waals surface area (Å²) in [6.07, 6.45) is 10.3. The average Bonchev–Trinajstić information content (AvgIpc) is 2.67. The summed E-state index contributed by atoms with van der Waals surface area (Å²) in [5, 5.41) is 6.86. The molecule has 1 saturated carbocycles. The van der Waals surface area contributed by atoms with Crippen molar-refractivity contribution in [3.63, 3.8) is 0 Å². The van der Waals surface area contributed by atoms with Crippen LogP contribution < -0.4 is 15.4 Å². The van der Waals surface area contributed by atoms with Crippen LogP contribution in [0.2, 0.25) is 0 Å². The maximum absolute atomic E-state index is 6.16. The Morgan fingerprint density at radius 1 is 1.04 bits per heavy atom. The van der Waals surface area contributed by atoms with Crippen LogP contribution in [0.15, 0.2) is 42.7 Å². The average molecular weight is 339 g/mol. The Morgan fingerprint density at radius 2 is 1.84 bits per heavy atom. The molecule has 0 saturated heterocycles. The first kappa shape index (κ1) is 17.6. The Balaban J connectivity index is 1.60. The Bertz CT molecular complexity index is 639. The zero-order chi connectivity index (χ0) is 17.3. The second-order valence-corrected chi connectivity index (χ2v) is 6.77. The van der Waals surface area contributed by atoms with Crippen molar-refractivity contribution in [1.82, 2.24) is 4.98 Å². The lowest BCUT2D eigenvalue weighted by Gasteiger charge is -2.23. The highest BCUT2D eigenvalue weighted by atomic mass is 16.5. The van der Waals surface area contributed by atoms with Crippen LogP contribution in [0.25, 0.3) is 0 Å². The van der Waals surface area contributed by atoms with Gasteiger partial charge in [-0.25, -0.2) is 0 Å². The first-order valence-corrected chi connectivity index (χ1v) is 9.48. The normalized spacial score (nSPS) is 14.9. The lowest BCUT2D eigenvalue weighted by molar-refractivity contribution is 0.209. The standard InChI is InChI=1S/C21H29N3O/c1-2-23-20-14-18(15-24-19-10-12-22-13-11-19)8-9-21(20)25-16-17-6-4-3-5-7-17/h8-14,17,23H,2-7,15-16H2,1H3,(H,22,24). The van der Waals surface area contributed by atoms with Crippen LogP contribution in [0.3, 0.4) is 0 Å². The van der Waals surface area contributed by atoms with Crippen LogP contribution in [0, 0.1) is 5.92 Å². The van der Waals surface area contributed by atoms with Crippen molar-refractivity contribution in [3.05, 3.63) is 48.3 Å². The number of benzene rings is 1. The highest BCUT2D eigenvalue weighted by Gasteiger charge is 2.15. The van der Waals surface area contributed by atoms with E-state index in [0.717, 1.165) is 42.7 Å². The minimum Gasteiger partial charge on any atom is -0.491 e. The van der Waals surface area contributed by atoms with E-state index >= 15 is 0 Å². The van der Waals surface area contributed by atoms with Gasteiger partial charge < -0.3 is 15.4 Å². The van der Waals surface area contributed by atoms with Gasteiger partial charge in [0.2, 0.25) is 0 Å². The van der Waals surface area contributed by atoms with Gasteiger partial charge in [0, 0.05) is 31.2 Å². The van der Waals surface area contributed by atoms with Gasteiger partial charge in [0.25, 0.3) is 0 Å². The van der Waals surface area contributed by atoms with Crippen LogP contribution in [-0.4, -0.2) is 18.1 Å². The first-order valence-electron chi connectivity index (χ1n) is 9.48. The SMILES string of the molecule is CCNc1cc(CNc2ccncc2)ccc1OCC1CCCCC1. The maximum Gasteiger partial charge on any atom is 0.142 e. The molecule has 0 spiro atoms. The molecule has 0 amide bonds. The quantitative estimate of drug-likeness (QED) is 0.703. The molecule has 1 aliphatic carbocycles. The number of nitrogens with zero attached hydrogens (tertiary/aromatic N) is 1. The number of aromatic nitrogens is 1. The predicted octanol–water partition coefficient (Wildman–Crippen LogP) is 5.08. The largest absolute Gasteiger partial charge is 0.491 e. The monoisotopic (exact) mass is 339 g/mol. The summed E-state index contributed by atoms with van der Waals surface area (Å²) in [4.78, 5) is 4.04. The van der Waals surface area contributed by atoms with Crippen LogP contribution in [0.1, 0.15) is 44.6 Å². The van der Waals surface area contributed by atoms with Crippen LogP contribution in [-0.2, 0) is 6.54 Å². The molecule has 3 rings (SSSR count). The molecule has 0 aliphatic heterocycles. The number of ether oxygens (including phenoxy) is 1. The van der Waals surface area contributed by atoms with E-state index < -0.39 is 0 Å². The third-order valence-corrected chi connectivity index (χ3v) is 4.79. The summed E-state index contributed by atoms with van der Waals surface area (Å²) in [5.74, 6) is 1.69. The molecule has 1 heterocycles. The summed E-state index contributed by atoms with van der Waals surface area (Å²) in [7, 11) is 0. The number of hydrogen-bond donors (Lipinski definition) is 2. The van der Waals surface area contributed by atoms with Crippen LogP contribution in [0.4, 0.5) is 11.4 Å². The summed E-state index contributed by atoms with van der Waals surface area (Å²) < 4.78 is 6.16. The Hall–Kier alpha value is -2.23. The Kier molecular flexibility index (Phi) is 6.55. The molecular formula is C21H29N3O. The summed E-state index contributed by atoms with van der Waals surface area (Å²) in [6.45, 7) is 4.63. The highest BCUT2D eigenvalue weighted by molar-refractivity contribution is 5.58. The number of pyridine rings is 1. The van der Waals surface area contributed by atoms with Gasteiger partial charge in [0.1, 0.15) is 5.75 Å². The van der Waals surface area contributed by atoms with Gasteiger partial charge in [-0.15, -0.1) is 0 Å². The van der Waals surface area contributed by atoms with Crippen LogP contribution >= 0.6 is 0 Å². The van der Waals surface area contributed by atoms with Crippen molar-refractivity contribution in [3.8, 4) is 5.75 Å². The molecule has 1 aromatic carbocycles. The summed E-state index contributed by atoms with van der Waals surface area (Å²) in [5.41, 5.74) is 3.41. The van der Waals surface area contributed by atoms with E-state index in [0.29, 0.717) is 0 Å². The van der Waals surface area contributed by atoms with E-state index in [9.17, 15) is 0 Å². The lowest BCUT2D eigenvalue weighted by Crippen LogP contribution is -2.16. The van der Waals surface area contributed by atoms with Crippen molar-refractivity contribution in [1.29, 1.82) is 0 Å². The molecule has 2 N–H and O–H groups in total. The van der Waals surface area contributed by atoms with Gasteiger partial charge in [-0.05, 0) is 55.5 Å². The van der Waals surface area contributed by atoms with Gasteiger partial charge in [0.05, 0.1) is 12.3 Å². The number of nitrogens with one attached hydrogen (secondary N) is 2. The minimum atomic E-state index is 0.719. The first-order chi connectivity index (χ1) is 12.3. The molecule has 0 unspecified atom stereocenters. The molecule has 0 atom stereocenters. The molecular weight excluding hydrogens is 310 g/mol. The molecule has 1 fully saturated rings. The predicted molar refractivity (Wildman–Crippen MR) is 104 cm³/mol. The van der Waals surface area contributed by atoms with E-state index in [-0.39, 0.29) is 0 Å². The zero-order valence-electron chi connectivity index (χ0n) is 15.1. The van der Waals surface area contributed by atoms with Crippen molar-refractivity contribution in [2.45, 2.75) is 45.6 Å². The molecule has 134 valence electrons. The second-order valence-electron chi connectivity index (χ2n) is 6.77.